The zero-order valence-electron chi connectivity index (χ0n) is 10.7. The van der Waals surface area contributed by atoms with Gasteiger partial charge in [0.15, 0.2) is 0 Å². The van der Waals surface area contributed by atoms with Crippen LogP contribution in [-0.4, -0.2) is 16.7 Å². The zero-order valence-corrected chi connectivity index (χ0v) is 11.5. The Kier molecular flexibility index (Phi) is 4.77. The van der Waals surface area contributed by atoms with Crippen LogP contribution < -0.4 is 4.74 Å². The van der Waals surface area contributed by atoms with E-state index < -0.39 is 6.10 Å². The molecule has 0 bridgehead atoms. The Labute approximate surface area is 117 Å². The molecule has 19 heavy (non-hydrogen) atoms. The van der Waals surface area contributed by atoms with Crippen molar-refractivity contribution >= 4 is 11.6 Å². The van der Waals surface area contributed by atoms with Crippen molar-refractivity contribution in [1.82, 2.24) is 4.98 Å². The van der Waals surface area contributed by atoms with Crippen molar-refractivity contribution in [2.45, 2.75) is 19.4 Å². The van der Waals surface area contributed by atoms with Crippen molar-refractivity contribution in [1.29, 1.82) is 0 Å². The summed E-state index contributed by atoms with van der Waals surface area (Å²) in [6.07, 6.45) is 1.76. The number of aliphatic hydroxyl groups excluding tert-OH is 1. The summed E-state index contributed by atoms with van der Waals surface area (Å²) in [4.78, 5) is 4.11. The fourth-order valence-corrected chi connectivity index (χ4v) is 1.95. The van der Waals surface area contributed by atoms with Crippen molar-refractivity contribution in [3.8, 4) is 5.75 Å². The maximum absolute atomic E-state index is 10.3. The van der Waals surface area contributed by atoms with E-state index in [-0.39, 0.29) is 0 Å². The molecule has 0 spiro atoms. The predicted octanol–water partition coefficient (Wildman–Crippen LogP) is 3.61. The lowest BCUT2D eigenvalue weighted by molar-refractivity contribution is 0.215. The van der Waals surface area contributed by atoms with Gasteiger partial charge < -0.3 is 9.84 Å². The molecule has 2 rings (SSSR count). The lowest BCUT2D eigenvalue weighted by atomic mass is 10.1. The van der Waals surface area contributed by atoms with E-state index >= 15 is 0 Å². The van der Waals surface area contributed by atoms with Gasteiger partial charge in [0.2, 0.25) is 0 Å². The van der Waals surface area contributed by atoms with Gasteiger partial charge in [0.25, 0.3) is 0 Å². The highest BCUT2D eigenvalue weighted by Crippen LogP contribution is 2.27. The first kappa shape index (κ1) is 13.8. The zero-order chi connectivity index (χ0) is 13.7. The second-order valence-corrected chi connectivity index (χ2v) is 4.60. The summed E-state index contributed by atoms with van der Waals surface area (Å²) >= 11 is 6.02. The first-order chi connectivity index (χ1) is 9.22. The van der Waals surface area contributed by atoms with Gasteiger partial charge in [-0.25, -0.2) is 0 Å². The number of hydrogen-bond donors (Lipinski definition) is 1. The molecule has 0 aliphatic carbocycles. The van der Waals surface area contributed by atoms with Crippen LogP contribution in [-0.2, 0) is 0 Å². The fraction of sp³-hybridized carbons (Fsp3) is 0.267. The van der Waals surface area contributed by atoms with E-state index in [0.29, 0.717) is 17.3 Å². The van der Waals surface area contributed by atoms with Crippen molar-refractivity contribution in [2.24, 2.45) is 0 Å². The van der Waals surface area contributed by atoms with Crippen LogP contribution in [0.3, 0.4) is 0 Å². The van der Waals surface area contributed by atoms with E-state index in [1.165, 1.54) is 0 Å². The van der Waals surface area contributed by atoms with Gasteiger partial charge >= 0.3 is 0 Å². The fourth-order valence-electron chi connectivity index (χ4n) is 1.72. The topological polar surface area (TPSA) is 42.4 Å². The number of halogens is 1. The van der Waals surface area contributed by atoms with Crippen LogP contribution in [0.15, 0.2) is 42.6 Å². The molecule has 0 aliphatic rings. The van der Waals surface area contributed by atoms with E-state index in [2.05, 4.69) is 11.9 Å². The predicted molar refractivity (Wildman–Crippen MR) is 75.5 cm³/mol. The summed E-state index contributed by atoms with van der Waals surface area (Å²) < 4.78 is 5.50. The minimum absolute atomic E-state index is 0.460. The minimum atomic E-state index is -0.825. The number of ether oxygens (including phenoxy) is 1. The summed E-state index contributed by atoms with van der Waals surface area (Å²) in [6, 6.07) is 10.8. The minimum Gasteiger partial charge on any atom is -0.494 e. The first-order valence-electron chi connectivity index (χ1n) is 6.23. The molecule has 0 radical (unpaired) electrons. The van der Waals surface area contributed by atoms with Gasteiger partial charge in [-0.1, -0.05) is 30.7 Å². The lowest BCUT2D eigenvalue weighted by Gasteiger charge is -2.12. The van der Waals surface area contributed by atoms with Crippen molar-refractivity contribution < 1.29 is 9.84 Å². The average Bonchev–Trinajstić information content (AvgIpc) is 2.45. The number of aliphatic hydroxyl groups is 1. The number of aromatic nitrogens is 1. The van der Waals surface area contributed by atoms with Crippen LogP contribution in [0, 0.1) is 0 Å². The molecule has 0 fully saturated rings. The van der Waals surface area contributed by atoms with Gasteiger partial charge in [0, 0.05) is 6.20 Å². The molecule has 1 heterocycles. The molecule has 1 atom stereocenters. The summed E-state index contributed by atoms with van der Waals surface area (Å²) in [5, 5.41) is 10.7. The van der Waals surface area contributed by atoms with E-state index in [9.17, 15) is 5.11 Å². The molecule has 0 amide bonds. The van der Waals surface area contributed by atoms with E-state index in [1.54, 1.807) is 18.3 Å². The van der Waals surface area contributed by atoms with Crippen molar-refractivity contribution in [2.75, 3.05) is 6.61 Å². The van der Waals surface area contributed by atoms with Crippen LogP contribution in [0.25, 0.3) is 0 Å². The van der Waals surface area contributed by atoms with Gasteiger partial charge in [-0.2, -0.15) is 0 Å². The third-order valence-electron chi connectivity index (χ3n) is 2.71. The van der Waals surface area contributed by atoms with E-state index in [4.69, 9.17) is 16.3 Å². The van der Waals surface area contributed by atoms with Crippen LogP contribution >= 0.6 is 11.6 Å². The molecular formula is C15H16ClNO2. The Morgan fingerprint density at radius 3 is 2.63 bits per heavy atom. The van der Waals surface area contributed by atoms with Crippen LogP contribution in [0.1, 0.15) is 30.7 Å². The Morgan fingerprint density at radius 2 is 2.00 bits per heavy atom. The SMILES string of the molecule is CCCOc1ccc(C(O)c2ncccc2Cl)cc1. The van der Waals surface area contributed by atoms with Gasteiger partial charge in [0.1, 0.15) is 11.9 Å². The summed E-state index contributed by atoms with van der Waals surface area (Å²) in [7, 11) is 0. The van der Waals surface area contributed by atoms with Crippen molar-refractivity contribution in [3.05, 3.63) is 58.9 Å². The maximum atomic E-state index is 10.3. The molecule has 2 aromatic rings. The average molecular weight is 278 g/mol. The quantitative estimate of drug-likeness (QED) is 0.908. The van der Waals surface area contributed by atoms with Gasteiger partial charge in [-0.3, -0.25) is 4.98 Å². The Hall–Kier alpha value is -1.58. The monoisotopic (exact) mass is 277 g/mol. The van der Waals surface area contributed by atoms with Crippen LogP contribution in [0.2, 0.25) is 5.02 Å². The number of benzene rings is 1. The van der Waals surface area contributed by atoms with E-state index in [1.807, 2.05) is 24.3 Å². The lowest BCUT2D eigenvalue weighted by Crippen LogP contribution is -2.03. The Bertz CT molecular complexity index is 528. The highest BCUT2D eigenvalue weighted by Gasteiger charge is 2.14. The Balaban J connectivity index is 2.16. The molecule has 3 nitrogen and oxygen atoms in total. The molecule has 1 aromatic heterocycles. The molecular weight excluding hydrogens is 262 g/mol. The largest absolute Gasteiger partial charge is 0.494 e. The third-order valence-corrected chi connectivity index (χ3v) is 3.03. The van der Waals surface area contributed by atoms with Crippen LogP contribution in [0.5, 0.6) is 5.75 Å². The summed E-state index contributed by atoms with van der Waals surface area (Å²) in [5.41, 5.74) is 1.20. The number of pyridine rings is 1. The molecule has 100 valence electrons. The maximum Gasteiger partial charge on any atom is 0.122 e. The Morgan fingerprint density at radius 1 is 1.26 bits per heavy atom. The highest BCUT2D eigenvalue weighted by atomic mass is 35.5. The second-order valence-electron chi connectivity index (χ2n) is 4.19. The summed E-state index contributed by atoms with van der Waals surface area (Å²) in [6.45, 7) is 2.75. The van der Waals surface area contributed by atoms with Crippen molar-refractivity contribution in [3.63, 3.8) is 0 Å². The molecule has 1 aromatic carbocycles. The van der Waals surface area contributed by atoms with Gasteiger partial charge in [-0.05, 0) is 36.2 Å². The van der Waals surface area contributed by atoms with Gasteiger partial charge in [-0.15, -0.1) is 0 Å². The van der Waals surface area contributed by atoms with E-state index in [0.717, 1.165) is 17.7 Å². The number of nitrogens with zero attached hydrogens (tertiary/aromatic N) is 1. The normalized spacial score (nSPS) is 12.2. The summed E-state index contributed by atoms with van der Waals surface area (Å²) in [5.74, 6) is 0.796. The molecule has 0 saturated carbocycles. The molecule has 0 saturated heterocycles. The first-order valence-corrected chi connectivity index (χ1v) is 6.61. The molecule has 1 N–H and O–H groups in total. The molecule has 4 heteroatoms. The molecule has 1 unspecified atom stereocenters. The second kappa shape index (κ2) is 6.55. The van der Waals surface area contributed by atoms with Gasteiger partial charge in [0.05, 0.1) is 17.3 Å². The molecule has 0 aliphatic heterocycles. The third kappa shape index (κ3) is 3.46. The highest BCUT2D eigenvalue weighted by molar-refractivity contribution is 6.31. The standard InChI is InChI=1S/C15H16ClNO2/c1-2-10-19-12-7-5-11(6-8-12)15(18)14-13(16)4-3-9-17-14/h3-9,15,18H,2,10H2,1H3. The van der Waals surface area contributed by atoms with Crippen LogP contribution in [0.4, 0.5) is 0 Å². The smallest absolute Gasteiger partial charge is 0.122 e. The number of rotatable bonds is 5. The number of hydrogen-bond acceptors (Lipinski definition) is 3.